The lowest BCUT2D eigenvalue weighted by Gasteiger charge is -2.12. The largest absolute Gasteiger partial charge is 0.487 e. The molecule has 0 bridgehead atoms. The van der Waals surface area contributed by atoms with Gasteiger partial charge < -0.3 is 4.74 Å². The molecule has 0 radical (unpaired) electrons. The molecule has 0 saturated carbocycles. The summed E-state index contributed by atoms with van der Waals surface area (Å²) in [6.45, 7) is 2.56. The predicted octanol–water partition coefficient (Wildman–Crippen LogP) is 5.45. The molecule has 0 spiro atoms. The summed E-state index contributed by atoms with van der Waals surface area (Å²) >= 11 is 5.43. The molecule has 0 N–H and O–H groups in total. The molecule has 2 aromatic rings. The molecule has 2 aromatic carbocycles. The number of hydrogen-bond acceptors (Lipinski definition) is 4. The van der Waals surface area contributed by atoms with Crippen molar-refractivity contribution in [2.45, 2.75) is 13.5 Å². The monoisotopic (exact) mass is 591 g/mol. The van der Waals surface area contributed by atoms with Crippen LogP contribution in [0.4, 0.5) is 4.79 Å². The zero-order valence-electron chi connectivity index (χ0n) is 14.1. The number of hydrogen-bond donors (Lipinski definition) is 0. The number of nitrogens with zero attached hydrogens (tertiary/aromatic N) is 1. The van der Waals surface area contributed by atoms with E-state index in [-0.39, 0.29) is 11.1 Å². The SMILES string of the molecule is Cc1cccc(COc2c(I)cc(/C=C3\SC(=O)N(C)C3=O)cc2I)c1. The van der Waals surface area contributed by atoms with Crippen LogP contribution in [0.2, 0.25) is 0 Å². The van der Waals surface area contributed by atoms with Crippen molar-refractivity contribution in [3.05, 3.63) is 65.1 Å². The van der Waals surface area contributed by atoms with Gasteiger partial charge in [0, 0.05) is 7.05 Å². The second-order valence-corrected chi connectivity index (χ2v) is 9.15. The van der Waals surface area contributed by atoms with Gasteiger partial charge in [-0.3, -0.25) is 14.5 Å². The fourth-order valence-electron chi connectivity index (χ4n) is 2.46. The van der Waals surface area contributed by atoms with Crippen molar-refractivity contribution in [3.8, 4) is 5.75 Å². The fraction of sp³-hybridized carbons (Fsp3) is 0.158. The Balaban J connectivity index is 1.80. The topological polar surface area (TPSA) is 46.6 Å². The van der Waals surface area contributed by atoms with Gasteiger partial charge in [0.25, 0.3) is 11.1 Å². The first kappa shape index (κ1) is 19.7. The molecule has 0 unspecified atom stereocenters. The first-order valence-corrected chi connectivity index (χ1v) is 10.7. The van der Waals surface area contributed by atoms with E-state index >= 15 is 0 Å². The Kier molecular flexibility index (Phi) is 6.29. The highest BCUT2D eigenvalue weighted by Gasteiger charge is 2.31. The lowest BCUT2D eigenvalue weighted by molar-refractivity contribution is -0.121. The third kappa shape index (κ3) is 4.42. The fourth-order valence-corrected chi connectivity index (χ4v) is 5.41. The van der Waals surface area contributed by atoms with Crippen LogP contribution in [-0.4, -0.2) is 23.1 Å². The van der Waals surface area contributed by atoms with E-state index in [9.17, 15) is 9.59 Å². The zero-order chi connectivity index (χ0) is 18.8. The molecule has 1 heterocycles. The molecular weight excluding hydrogens is 576 g/mol. The normalized spacial score (nSPS) is 15.8. The quantitative estimate of drug-likeness (QED) is 0.351. The Morgan fingerprint density at radius 2 is 1.85 bits per heavy atom. The molecular formula is C19H15I2NO3S. The summed E-state index contributed by atoms with van der Waals surface area (Å²) < 4.78 is 7.94. The Morgan fingerprint density at radius 1 is 1.15 bits per heavy atom. The predicted molar refractivity (Wildman–Crippen MR) is 121 cm³/mol. The third-order valence-corrected chi connectivity index (χ3v) is 6.33. The van der Waals surface area contributed by atoms with Gasteiger partial charge in [-0.15, -0.1) is 0 Å². The first-order valence-electron chi connectivity index (χ1n) is 7.74. The third-order valence-electron chi connectivity index (χ3n) is 3.77. The molecule has 1 fully saturated rings. The highest BCUT2D eigenvalue weighted by molar-refractivity contribution is 14.1. The van der Waals surface area contributed by atoms with Crippen LogP contribution >= 0.6 is 56.9 Å². The molecule has 134 valence electrons. The molecule has 2 amide bonds. The van der Waals surface area contributed by atoms with Gasteiger partial charge in [-0.1, -0.05) is 29.8 Å². The lowest BCUT2D eigenvalue weighted by Crippen LogP contribution is -2.22. The van der Waals surface area contributed by atoms with E-state index in [2.05, 4.69) is 64.2 Å². The zero-order valence-corrected chi connectivity index (χ0v) is 19.2. The number of amides is 2. The van der Waals surface area contributed by atoms with Crippen LogP contribution in [0.1, 0.15) is 16.7 Å². The standard InChI is InChI=1S/C19H15I2NO3S/c1-11-4-3-5-12(6-11)10-25-17-14(20)7-13(8-15(17)21)9-16-18(23)22(2)19(24)26-16/h3-9H,10H2,1-2H3/b16-9-. The summed E-state index contributed by atoms with van der Waals surface area (Å²) in [5, 5.41) is -0.247. The molecule has 0 aliphatic carbocycles. The van der Waals surface area contributed by atoms with Crippen molar-refractivity contribution in [2.24, 2.45) is 0 Å². The number of thioether (sulfide) groups is 1. The number of aryl methyl sites for hydroxylation is 1. The van der Waals surface area contributed by atoms with E-state index in [1.165, 1.54) is 12.6 Å². The number of carbonyl (C=O) groups excluding carboxylic acids is 2. The first-order chi connectivity index (χ1) is 12.3. The average molecular weight is 591 g/mol. The van der Waals surface area contributed by atoms with Gasteiger partial charge in [-0.25, -0.2) is 0 Å². The van der Waals surface area contributed by atoms with Crippen LogP contribution in [-0.2, 0) is 11.4 Å². The van der Waals surface area contributed by atoms with Crippen molar-refractivity contribution in [2.75, 3.05) is 7.05 Å². The number of halogens is 2. The van der Waals surface area contributed by atoms with Crippen LogP contribution < -0.4 is 4.74 Å². The lowest BCUT2D eigenvalue weighted by atomic mass is 10.1. The van der Waals surface area contributed by atoms with E-state index in [4.69, 9.17) is 4.74 Å². The second kappa shape index (κ2) is 8.30. The number of rotatable bonds is 4. The number of likely N-dealkylation sites (N-methyl/N-ethyl adjacent to an activating group) is 1. The molecule has 1 saturated heterocycles. The van der Waals surface area contributed by atoms with Gasteiger partial charge in [0.05, 0.1) is 12.0 Å². The van der Waals surface area contributed by atoms with E-state index in [1.54, 1.807) is 6.08 Å². The molecule has 4 nitrogen and oxygen atoms in total. The Bertz CT molecular complexity index is 904. The molecule has 3 rings (SSSR count). The van der Waals surface area contributed by atoms with Gasteiger partial charge in [0.1, 0.15) is 12.4 Å². The van der Waals surface area contributed by atoms with Crippen molar-refractivity contribution in [3.63, 3.8) is 0 Å². The molecule has 1 aliphatic heterocycles. The minimum atomic E-state index is -0.259. The molecule has 26 heavy (non-hydrogen) atoms. The Labute approximate surface area is 183 Å². The van der Waals surface area contributed by atoms with Gasteiger partial charge in [-0.2, -0.15) is 0 Å². The van der Waals surface area contributed by atoms with Gasteiger partial charge in [0.15, 0.2) is 0 Å². The molecule has 0 atom stereocenters. The van der Waals surface area contributed by atoms with Crippen LogP contribution in [0.25, 0.3) is 6.08 Å². The Hall–Kier alpha value is -1.07. The minimum Gasteiger partial charge on any atom is -0.487 e. The van der Waals surface area contributed by atoms with Crippen molar-refractivity contribution in [1.29, 1.82) is 0 Å². The summed E-state index contributed by atoms with van der Waals surface area (Å²) in [4.78, 5) is 25.2. The highest BCUT2D eigenvalue weighted by Crippen LogP contribution is 2.34. The van der Waals surface area contributed by atoms with Crippen molar-refractivity contribution < 1.29 is 14.3 Å². The summed E-state index contributed by atoms with van der Waals surface area (Å²) in [6, 6.07) is 12.1. The van der Waals surface area contributed by atoms with Crippen molar-refractivity contribution >= 4 is 74.2 Å². The minimum absolute atomic E-state index is 0.247. The van der Waals surface area contributed by atoms with Gasteiger partial charge in [0.2, 0.25) is 0 Å². The van der Waals surface area contributed by atoms with Crippen LogP contribution in [0.5, 0.6) is 5.75 Å². The van der Waals surface area contributed by atoms with Gasteiger partial charge >= 0.3 is 0 Å². The summed E-state index contributed by atoms with van der Waals surface area (Å²) in [6.07, 6.45) is 1.75. The van der Waals surface area contributed by atoms with Crippen LogP contribution in [0.3, 0.4) is 0 Å². The van der Waals surface area contributed by atoms with Crippen LogP contribution in [0, 0.1) is 14.1 Å². The summed E-state index contributed by atoms with van der Waals surface area (Å²) in [7, 11) is 1.49. The van der Waals surface area contributed by atoms with E-state index in [0.717, 1.165) is 40.7 Å². The summed E-state index contributed by atoms with van der Waals surface area (Å²) in [5.74, 6) is 0.568. The maximum absolute atomic E-state index is 12.0. The number of ether oxygens (including phenoxy) is 1. The number of imide groups is 1. The smallest absolute Gasteiger partial charge is 0.293 e. The molecule has 0 aromatic heterocycles. The number of benzene rings is 2. The molecule has 1 aliphatic rings. The summed E-state index contributed by atoms with van der Waals surface area (Å²) in [5.41, 5.74) is 3.20. The number of carbonyl (C=O) groups is 2. The van der Waals surface area contributed by atoms with Crippen LogP contribution in [0.15, 0.2) is 41.3 Å². The van der Waals surface area contributed by atoms with Gasteiger partial charge in [-0.05, 0) is 93.2 Å². The second-order valence-electron chi connectivity index (χ2n) is 5.83. The van der Waals surface area contributed by atoms with E-state index in [1.807, 2.05) is 24.3 Å². The maximum Gasteiger partial charge on any atom is 0.293 e. The van der Waals surface area contributed by atoms with E-state index in [0.29, 0.717) is 11.5 Å². The highest BCUT2D eigenvalue weighted by atomic mass is 127. The van der Waals surface area contributed by atoms with Crippen molar-refractivity contribution in [1.82, 2.24) is 4.90 Å². The maximum atomic E-state index is 12.0. The average Bonchev–Trinajstić information content (AvgIpc) is 2.81. The van der Waals surface area contributed by atoms with E-state index < -0.39 is 0 Å². The Morgan fingerprint density at radius 3 is 2.42 bits per heavy atom. The molecule has 7 heteroatoms.